The number of aliphatic hydroxyl groups is 1. The van der Waals surface area contributed by atoms with Crippen LogP contribution in [0.2, 0.25) is 0 Å². The number of aliphatic hydroxyl groups excluding tert-OH is 1. The number of aromatic nitrogens is 4. The number of hydrogen-bond acceptors (Lipinski definition) is 10. The molecule has 0 amide bonds. The van der Waals surface area contributed by atoms with Crippen LogP contribution in [0.15, 0.2) is 12.7 Å². The van der Waals surface area contributed by atoms with E-state index < -0.39 is 33.1 Å². The number of nitrogens with two attached hydrogens (primary N) is 1. The van der Waals surface area contributed by atoms with Gasteiger partial charge in [-0.1, -0.05) is 0 Å². The Morgan fingerprint density at radius 2 is 2.08 bits per heavy atom. The predicted octanol–water partition coefficient (Wildman–Crippen LogP) is 1.15. The second-order valence-electron chi connectivity index (χ2n) is 5.47. The largest absolute Gasteiger partial charge is 0.474 e. The summed E-state index contributed by atoms with van der Waals surface area (Å²) >= 11 is 1.34. The van der Waals surface area contributed by atoms with Crippen LogP contribution in [-0.2, 0) is 18.3 Å². The molecule has 3 atom stereocenters. The molecular weight excluding hydrogens is 385 g/mol. The van der Waals surface area contributed by atoms with Gasteiger partial charge in [0, 0.05) is 5.75 Å². The van der Waals surface area contributed by atoms with Crippen LogP contribution in [0.1, 0.15) is 20.1 Å². The summed E-state index contributed by atoms with van der Waals surface area (Å²) in [6.45, 7) is 2.76. The first-order chi connectivity index (χ1) is 12.3. The van der Waals surface area contributed by atoms with Gasteiger partial charge in [0.25, 0.3) is 0 Å². The molecule has 26 heavy (non-hydrogen) atoms. The maximum atomic E-state index is 12.0. The number of thioether (sulfide) groups is 1. The highest BCUT2D eigenvalue weighted by molar-refractivity contribution is 7.98. The second-order valence-corrected chi connectivity index (χ2v) is 7.74. The van der Waals surface area contributed by atoms with Crippen molar-refractivity contribution in [2.45, 2.75) is 32.5 Å². The minimum atomic E-state index is -4.32. The van der Waals surface area contributed by atoms with Crippen LogP contribution in [0.3, 0.4) is 0 Å². The van der Waals surface area contributed by atoms with Gasteiger partial charge in [-0.05, 0) is 20.1 Å². The maximum absolute atomic E-state index is 12.0. The molecule has 0 aromatic carbocycles. The Morgan fingerprint density at radius 3 is 2.69 bits per heavy atom. The van der Waals surface area contributed by atoms with Gasteiger partial charge in [0.1, 0.15) is 11.8 Å². The number of nitrogen functional groups attached to an aromatic ring is 1. The van der Waals surface area contributed by atoms with E-state index in [0.717, 1.165) is 0 Å². The molecule has 4 N–H and O–H groups in total. The summed E-state index contributed by atoms with van der Waals surface area (Å²) in [6, 6.07) is 0. The summed E-state index contributed by atoms with van der Waals surface area (Å²) < 4.78 is 29.1. The molecular formula is C13H22N5O6PS. The molecule has 1 unspecified atom stereocenters. The van der Waals surface area contributed by atoms with Gasteiger partial charge in [0.05, 0.1) is 19.0 Å². The highest BCUT2D eigenvalue weighted by atomic mass is 32.2. The molecule has 0 aliphatic carbocycles. The number of imidazole rings is 1. The van der Waals surface area contributed by atoms with Crippen molar-refractivity contribution in [3.05, 3.63) is 12.7 Å². The molecule has 2 aromatic rings. The lowest BCUT2D eigenvalue weighted by Crippen LogP contribution is -2.27. The Hall–Kier alpha value is -1.27. The second kappa shape index (κ2) is 9.09. The fraction of sp³-hybridized carbons (Fsp3) is 0.615. The lowest BCUT2D eigenvalue weighted by atomic mass is 10.5. The topological polar surface area (TPSA) is 155 Å². The molecule has 2 rings (SSSR count). The zero-order valence-corrected chi connectivity index (χ0v) is 16.3. The third kappa shape index (κ3) is 5.36. The Kier molecular flexibility index (Phi) is 7.35. The molecule has 0 fully saturated rings. The van der Waals surface area contributed by atoms with Gasteiger partial charge < -0.3 is 20.5 Å². The standard InChI is InChI=1S/C13H22N5O6PS/c1-8(2)23-25(20,21)24-10(5-26-3)22-9(4-19)18-7-17-11-12(14)15-6-16-13(11)18/h6-10,19H,4-5H2,1-3H3,(H,20,21)(H2,14,15,16)/t9-,10+/m1/s1. The summed E-state index contributed by atoms with van der Waals surface area (Å²) in [6.07, 6.45) is 1.83. The number of ether oxygens (including phenoxy) is 1. The van der Waals surface area contributed by atoms with Gasteiger partial charge in [-0.15, -0.1) is 0 Å². The van der Waals surface area contributed by atoms with Gasteiger partial charge in [0.2, 0.25) is 0 Å². The number of rotatable bonds is 10. The number of phosphoric acid groups is 1. The molecule has 0 aliphatic rings. The predicted molar refractivity (Wildman–Crippen MR) is 96.2 cm³/mol. The first-order valence-corrected chi connectivity index (χ1v) is 10.5. The van der Waals surface area contributed by atoms with Crippen LogP contribution in [0.4, 0.5) is 5.82 Å². The number of phosphoric ester groups is 1. The van der Waals surface area contributed by atoms with E-state index in [9.17, 15) is 14.6 Å². The van der Waals surface area contributed by atoms with E-state index in [-0.39, 0.29) is 11.6 Å². The Morgan fingerprint density at radius 1 is 1.35 bits per heavy atom. The first kappa shape index (κ1) is 21.0. The fourth-order valence-corrected chi connectivity index (χ4v) is 3.65. The van der Waals surface area contributed by atoms with Gasteiger partial charge in [-0.3, -0.25) is 13.6 Å². The monoisotopic (exact) mass is 407 g/mol. The molecule has 13 heteroatoms. The SMILES string of the molecule is CSC[C@@H](O[C@H](CO)n1cnc2c(N)ncnc21)OP(=O)(O)OC(C)C. The molecule has 0 aliphatic heterocycles. The number of nitrogens with zero attached hydrogens (tertiary/aromatic N) is 4. The van der Waals surface area contributed by atoms with Crippen molar-refractivity contribution < 1.29 is 28.3 Å². The van der Waals surface area contributed by atoms with Crippen molar-refractivity contribution in [3.8, 4) is 0 Å². The van der Waals surface area contributed by atoms with Crippen molar-refractivity contribution in [1.82, 2.24) is 19.5 Å². The van der Waals surface area contributed by atoms with Gasteiger partial charge >= 0.3 is 7.82 Å². The van der Waals surface area contributed by atoms with Crippen molar-refractivity contribution in [3.63, 3.8) is 0 Å². The molecule has 0 spiro atoms. The van der Waals surface area contributed by atoms with Crippen LogP contribution in [0.25, 0.3) is 11.2 Å². The van der Waals surface area contributed by atoms with Crippen LogP contribution in [0, 0.1) is 0 Å². The number of fused-ring (bicyclic) bond motifs is 1. The average Bonchev–Trinajstić information content (AvgIpc) is 2.96. The molecule has 146 valence electrons. The van der Waals surface area contributed by atoms with Gasteiger partial charge in [-0.25, -0.2) is 19.5 Å². The average molecular weight is 407 g/mol. The Labute approximate surface area is 154 Å². The minimum Gasteiger partial charge on any atom is -0.392 e. The Bertz CT molecular complexity index is 775. The van der Waals surface area contributed by atoms with E-state index in [2.05, 4.69) is 15.0 Å². The van der Waals surface area contributed by atoms with Gasteiger partial charge in [0.15, 0.2) is 24.0 Å². The molecule has 11 nitrogen and oxygen atoms in total. The molecule has 0 saturated carbocycles. The highest BCUT2D eigenvalue weighted by Crippen LogP contribution is 2.46. The van der Waals surface area contributed by atoms with Crippen molar-refractivity contribution in [1.29, 1.82) is 0 Å². The van der Waals surface area contributed by atoms with Crippen LogP contribution in [-0.4, -0.2) is 60.5 Å². The molecule has 2 aromatic heterocycles. The number of anilines is 1. The van der Waals surface area contributed by atoms with E-state index in [1.54, 1.807) is 20.1 Å². The number of hydrogen-bond donors (Lipinski definition) is 3. The summed E-state index contributed by atoms with van der Waals surface area (Å²) in [5.41, 5.74) is 6.45. The van der Waals surface area contributed by atoms with E-state index in [0.29, 0.717) is 11.2 Å². The van der Waals surface area contributed by atoms with Crippen molar-refractivity contribution in [2.75, 3.05) is 24.3 Å². The fourth-order valence-electron chi connectivity index (χ4n) is 2.12. The van der Waals surface area contributed by atoms with Crippen LogP contribution < -0.4 is 5.73 Å². The normalized spacial score (nSPS) is 16.7. The van der Waals surface area contributed by atoms with E-state index in [1.807, 2.05) is 0 Å². The summed E-state index contributed by atoms with van der Waals surface area (Å²) in [4.78, 5) is 21.8. The van der Waals surface area contributed by atoms with Crippen molar-refractivity contribution >= 4 is 36.6 Å². The third-order valence-corrected chi connectivity index (χ3v) is 4.86. The van der Waals surface area contributed by atoms with Crippen LogP contribution >= 0.6 is 19.6 Å². The highest BCUT2D eigenvalue weighted by Gasteiger charge is 2.30. The summed E-state index contributed by atoms with van der Waals surface area (Å²) in [7, 11) is -4.32. The lowest BCUT2D eigenvalue weighted by molar-refractivity contribution is -0.155. The summed E-state index contributed by atoms with van der Waals surface area (Å²) in [5.74, 6) is 0.416. The molecule has 0 radical (unpaired) electrons. The third-order valence-electron chi connectivity index (χ3n) is 3.06. The quantitative estimate of drug-likeness (QED) is 0.383. The molecule has 0 bridgehead atoms. The smallest absolute Gasteiger partial charge is 0.392 e. The summed E-state index contributed by atoms with van der Waals surface area (Å²) in [5, 5.41) is 9.71. The van der Waals surface area contributed by atoms with Crippen molar-refractivity contribution in [2.24, 2.45) is 0 Å². The molecule has 2 heterocycles. The van der Waals surface area contributed by atoms with E-state index >= 15 is 0 Å². The van der Waals surface area contributed by atoms with Crippen LogP contribution in [0.5, 0.6) is 0 Å². The first-order valence-electron chi connectivity index (χ1n) is 7.65. The zero-order valence-electron chi connectivity index (χ0n) is 14.6. The lowest BCUT2D eigenvalue weighted by Gasteiger charge is -2.26. The zero-order chi connectivity index (χ0) is 19.3. The van der Waals surface area contributed by atoms with E-state index in [4.69, 9.17) is 19.5 Å². The van der Waals surface area contributed by atoms with E-state index in [1.165, 1.54) is 29.0 Å². The maximum Gasteiger partial charge on any atom is 0.474 e. The molecule has 0 saturated heterocycles. The Balaban J connectivity index is 2.21. The minimum absolute atomic E-state index is 0.188. The van der Waals surface area contributed by atoms with Gasteiger partial charge in [-0.2, -0.15) is 11.8 Å².